The molecule has 4 heteroatoms. The number of ether oxygens (including phenoxy) is 1. The van der Waals surface area contributed by atoms with Gasteiger partial charge in [-0.1, -0.05) is 6.08 Å². The molecule has 0 radical (unpaired) electrons. The Morgan fingerprint density at radius 1 is 1.69 bits per heavy atom. The van der Waals surface area contributed by atoms with E-state index in [1.807, 2.05) is 6.92 Å². The highest BCUT2D eigenvalue weighted by molar-refractivity contribution is 5.91. The minimum Gasteiger partial charge on any atom is -0.342 e. The maximum absolute atomic E-state index is 11.3. The number of carbonyl (C=O) groups is 1. The first-order valence-corrected chi connectivity index (χ1v) is 5.47. The lowest BCUT2D eigenvalue weighted by molar-refractivity contribution is -0.475. The predicted octanol–water partition coefficient (Wildman–Crippen LogP) is 1.91. The minimum absolute atomic E-state index is 0.0652. The molecular formula is C12H16O4. The largest absolute Gasteiger partial charge is 0.342 e. The van der Waals surface area contributed by atoms with Gasteiger partial charge < -0.3 is 4.74 Å². The van der Waals surface area contributed by atoms with Crippen LogP contribution in [-0.4, -0.2) is 23.8 Å². The third kappa shape index (κ3) is 2.24. The van der Waals surface area contributed by atoms with Gasteiger partial charge in [-0.25, -0.2) is 9.78 Å². The summed E-state index contributed by atoms with van der Waals surface area (Å²) in [6.45, 7) is 5.49. The van der Waals surface area contributed by atoms with Crippen LogP contribution in [0.3, 0.4) is 0 Å². The number of rotatable bonds is 3. The molecule has 0 bridgehead atoms. The van der Waals surface area contributed by atoms with Crippen molar-refractivity contribution in [2.24, 2.45) is 0 Å². The summed E-state index contributed by atoms with van der Waals surface area (Å²) in [5.74, 6) is 0.0652. The number of fused-ring (bicyclic) bond motifs is 1. The highest BCUT2D eigenvalue weighted by atomic mass is 17.2. The van der Waals surface area contributed by atoms with Gasteiger partial charge in [-0.15, -0.1) is 6.58 Å². The van der Waals surface area contributed by atoms with Crippen LogP contribution < -0.4 is 0 Å². The van der Waals surface area contributed by atoms with Crippen LogP contribution in [0.1, 0.15) is 26.2 Å². The third-order valence-electron chi connectivity index (χ3n) is 2.88. The van der Waals surface area contributed by atoms with Crippen LogP contribution in [0.5, 0.6) is 0 Å². The van der Waals surface area contributed by atoms with Crippen molar-refractivity contribution in [3.63, 3.8) is 0 Å². The quantitative estimate of drug-likeness (QED) is 0.542. The number of allylic oxidation sites excluding steroid dienone is 2. The monoisotopic (exact) mass is 224 g/mol. The Morgan fingerprint density at radius 3 is 3.25 bits per heavy atom. The lowest BCUT2D eigenvalue weighted by Crippen LogP contribution is -2.52. The molecule has 3 atom stereocenters. The molecule has 1 aliphatic carbocycles. The number of carbonyl (C=O) groups excluding carboxylic acids is 1. The standard InChI is InChI=1S/C12H16O4/c1-3-4-5-11-14-10-8-9(13)6-7-12(10,2)16-15-11/h3,6-7,10-11H,1,4-5,8H2,2H3/t10-,11-,12+/m0/s1. The topological polar surface area (TPSA) is 44.8 Å². The van der Waals surface area contributed by atoms with E-state index >= 15 is 0 Å². The fourth-order valence-electron chi connectivity index (χ4n) is 1.82. The summed E-state index contributed by atoms with van der Waals surface area (Å²) >= 11 is 0. The van der Waals surface area contributed by atoms with Gasteiger partial charge in [0.05, 0.1) is 0 Å². The van der Waals surface area contributed by atoms with Crippen molar-refractivity contribution in [2.75, 3.05) is 0 Å². The summed E-state index contributed by atoms with van der Waals surface area (Å²) in [6.07, 6.45) is 6.19. The highest BCUT2D eigenvalue weighted by Crippen LogP contribution is 2.33. The van der Waals surface area contributed by atoms with Gasteiger partial charge in [0.1, 0.15) is 11.7 Å². The van der Waals surface area contributed by atoms with E-state index in [0.29, 0.717) is 12.8 Å². The van der Waals surface area contributed by atoms with Crippen LogP contribution >= 0.6 is 0 Å². The molecule has 2 rings (SSSR count). The molecule has 1 aliphatic heterocycles. The molecule has 0 unspecified atom stereocenters. The van der Waals surface area contributed by atoms with Crippen LogP contribution in [0.15, 0.2) is 24.8 Å². The summed E-state index contributed by atoms with van der Waals surface area (Å²) in [4.78, 5) is 21.8. The van der Waals surface area contributed by atoms with Crippen molar-refractivity contribution in [1.29, 1.82) is 0 Å². The van der Waals surface area contributed by atoms with Crippen molar-refractivity contribution in [1.82, 2.24) is 0 Å². The molecule has 0 amide bonds. The summed E-state index contributed by atoms with van der Waals surface area (Å²) in [5.41, 5.74) is -0.640. The molecule has 0 aromatic rings. The van der Waals surface area contributed by atoms with Crippen molar-refractivity contribution >= 4 is 5.78 Å². The Bertz CT molecular complexity index is 323. The van der Waals surface area contributed by atoms with E-state index in [9.17, 15) is 4.79 Å². The summed E-state index contributed by atoms with van der Waals surface area (Å²) < 4.78 is 5.70. The lowest BCUT2D eigenvalue weighted by Gasteiger charge is -2.42. The molecule has 2 aliphatic rings. The second-order valence-electron chi connectivity index (χ2n) is 4.29. The fraction of sp³-hybridized carbons (Fsp3) is 0.583. The molecule has 16 heavy (non-hydrogen) atoms. The fourth-order valence-corrected chi connectivity index (χ4v) is 1.82. The zero-order chi connectivity index (χ0) is 11.6. The maximum Gasteiger partial charge on any atom is 0.192 e. The number of hydrogen-bond acceptors (Lipinski definition) is 4. The van der Waals surface area contributed by atoms with Crippen molar-refractivity contribution in [2.45, 2.75) is 44.2 Å². The van der Waals surface area contributed by atoms with Gasteiger partial charge in [0.15, 0.2) is 12.1 Å². The molecule has 88 valence electrons. The number of hydrogen-bond donors (Lipinski definition) is 0. The first-order chi connectivity index (χ1) is 7.64. The summed E-state index contributed by atoms with van der Waals surface area (Å²) in [5, 5.41) is 0. The van der Waals surface area contributed by atoms with E-state index in [2.05, 4.69) is 6.58 Å². The smallest absolute Gasteiger partial charge is 0.192 e. The molecule has 0 saturated carbocycles. The van der Waals surface area contributed by atoms with Gasteiger partial charge in [-0.05, 0) is 25.5 Å². The Kier molecular flexibility index (Phi) is 3.23. The molecule has 0 aromatic heterocycles. The van der Waals surface area contributed by atoms with E-state index in [1.165, 1.54) is 6.08 Å². The molecule has 0 N–H and O–H groups in total. The molecule has 4 nitrogen and oxygen atoms in total. The van der Waals surface area contributed by atoms with E-state index in [4.69, 9.17) is 14.5 Å². The van der Waals surface area contributed by atoms with Gasteiger partial charge in [-0.2, -0.15) is 0 Å². The van der Waals surface area contributed by atoms with Gasteiger partial charge in [0.25, 0.3) is 0 Å². The second kappa shape index (κ2) is 4.49. The Hall–Kier alpha value is -0.970. The lowest BCUT2D eigenvalue weighted by atomic mass is 9.88. The molecule has 0 aromatic carbocycles. The van der Waals surface area contributed by atoms with Crippen LogP contribution in [0, 0.1) is 0 Å². The molecular weight excluding hydrogens is 208 g/mol. The number of ketones is 1. The Balaban J connectivity index is 2.01. The Labute approximate surface area is 94.8 Å². The molecule has 0 spiro atoms. The SMILES string of the molecule is C=CCC[C@@H]1OO[C@]2(C)C=CC(=O)C[C@@H]2O1. The summed E-state index contributed by atoms with van der Waals surface area (Å²) in [6, 6.07) is 0. The normalized spacial score (nSPS) is 38.2. The predicted molar refractivity (Wildman–Crippen MR) is 57.4 cm³/mol. The van der Waals surface area contributed by atoms with Crippen LogP contribution in [0.4, 0.5) is 0 Å². The van der Waals surface area contributed by atoms with E-state index < -0.39 is 11.9 Å². The minimum atomic E-state index is -0.640. The summed E-state index contributed by atoms with van der Waals surface area (Å²) in [7, 11) is 0. The molecule has 1 fully saturated rings. The van der Waals surface area contributed by atoms with Crippen LogP contribution in [0.2, 0.25) is 0 Å². The maximum atomic E-state index is 11.3. The second-order valence-corrected chi connectivity index (χ2v) is 4.29. The molecule has 1 heterocycles. The average molecular weight is 224 g/mol. The van der Waals surface area contributed by atoms with Gasteiger partial charge >= 0.3 is 0 Å². The van der Waals surface area contributed by atoms with E-state index in [0.717, 1.165) is 6.42 Å². The first-order valence-electron chi connectivity index (χ1n) is 5.47. The Morgan fingerprint density at radius 2 is 2.50 bits per heavy atom. The molecule has 1 saturated heterocycles. The average Bonchev–Trinajstić information content (AvgIpc) is 2.27. The van der Waals surface area contributed by atoms with Crippen LogP contribution in [0.25, 0.3) is 0 Å². The van der Waals surface area contributed by atoms with E-state index in [1.54, 1.807) is 12.2 Å². The first kappa shape index (κ1) is 11.5. The van der Waals surface area contributed by atoms with E-state index in [-0.39, 0.29) is 11.9 Å². The third-order valence-corrected chi connectivity index (χ3v) is 2.88. The highest BCUT2D eigenvalue weighted by Gasteiger charge is 2.44. The van der Waals surface area contributed by atoms with Crippen LogP contribution in [-0.2, 0) is 19.3 Å². The van der Waals surface area contributed by atoms with Crippen molar-refractivity contribution in [3.05, 3.63) is 24.8 Å². The zero-order valence-corrected chi connectivity index (χ0v) is 9.35. The van der Waals surface area contributed by atoms with Crippen molar-refractivity contribution in [3.8, 4) is 0 Å². The zero-order valence-electron chi connectivity index (χ0n) is 9.35. The van der Waals surface area contributed by atoms with Crippen molar-refractivity contribution < 1.29 is 19.3 Å². The van der Waals surface area contributed by atoms with Gasteiger partial charge in [0, 0.05) is 12.8 Å². The van der Waals surface area contributed by atoms with Gasteiger partial charge in [0.2, 0.25) is 0 Å². The van der Waals surface area contributed by atoms with Gasteiger partial charge in [-0.3, -0.25) is 4.79 Å².